The van der Waals surface area contributed by atoms with Crippen LogP contribution in [0.15, 0.2) is 0 Å². The summed E-state index contributed by atoms with van der Waals surface area (Å²) in [5, 5.41) is 3.17. The van der Waals surface area contributed by atoms with Gasteiger partial charge in [-0.1, -0.05) is 0 Å². The summed E-state index contributed by atoms with van der Waals surface area (Å²) in [4.78, 5) is 16.6. The fourth-order valence-electron chi connectivity index (χ4n) is 2.96. The Kier molecular flexibility index (Phi) is 5.45. The monoisotopic (exact) mass is 289 g/mol. The standard InChI is InChI=1S/C13H23N3O2.ClH/c17-13(12-7-14-8-12)16-4-2-15(3-5-16)9-11-1-6-18-10-11;/h11-12,14H,1-10H2;1H. The van der Waals surface area contributed by atoms with Crippen LogP contribution in [-0.4, -0.2) is 74.7 Å². The van der Waals surface area contributed by atoms with E-state index in [1.54, 1.807) is 0 Å². The number of nitrogens with one attached hydrogen (secondary N) is 1. The van der Waals surface area contributed by atoms with Crippen molar-refractivity contribution in [2.45, 2.75) is 6.42 Å². The fraction of sp³-hybridized carbons (Fsp3) is 0.923. The van der Waals surface area contributed by atoms with Crippen molar-refractivity contribution in [3.05, 3.63) is 0 Å². The maximum Gasteiger partial charge on any atom is 0.228 e. The minimum absolute atomic E-state index is 0. The molecule has 0 aromatic heterocycles. The van der Waals surface area contributed by atoms with Gasteiger partial charge in [0.1, 0.15) is 0 Å². The van der Waals surface area contributed by atoms with Gasteiger partial charge in [0.25, 0.3) is 0 Å². The number of rotatable bonds is 3. The number of nitrogens with zero attached hydrogens (tertiary/aromatic N) is 2. The topological polar surface area (TPSA) is 44.8 Å². The van der Waals surface area contributed by atoms with Crippen LogP contribution in [0.25, 0.3) is 0 Å². The van der Waals surface area contributed by atoms with Crippen LogP contribution in [0.2, 0.25) is 0 Å². The molecule has 110 valence electrons. The first kappa shape index (κ1) is 15.0. The molecular formula is C13H24ClN3O2. The Morgan fingerprint density at radius 3 is 2.47 bits per heavy atom. The highest BCUT2D eigenvalue weighted by Gasteiger charge is 2.31. The van der Waals surface area contributed by atoms with Crippen LogP contribution in [0.1, 0.15) is 6.42 Å². The molecule has 3 rings (SSSR count). The van der Waals surface area contributed by atoms with E-state index in [1.165, 1.54) is 6.42 Å². The SMILES string of the molecule is Cl.O=C(C1CNC1)N1CCN(CC2CCOC2)CC1. The van der Waals surface area contributed by atoms with Crippen LogP contribution in [0.3, 0.4) is 0 Å². The van der Waals surface area contributed by atoms with E-state index in [0.29, 0.717) is 11.8 Å². The Hall–Kier alpha value is -0.360. The summed E-state index contributed by atoms with van der Waals surface area (Å²) in [6.07, 6.45) is 1.20. The highest BCUT2D eigenvalue weighted by molar-refractivity contribution is 5.85. The zero-order chi connectivity index (χ0) is 12.4. The minimum atomic E-state index is 0. The summed E-state index contributed by atoms with van der Waals surface area (Å²) in [5.74, 6) is 1.32. The molecule has 1 N–H and O–H groups in total. The van der Waals surface area contributed by atoms with Crippen molar-refractivity contribution in [1.29, 1.82) is 0 Å². The molecule has 3 fully saturated rings. The Bertz CT molecular complexity index is 298. The van der Waals surface area contributed by atoms with Crippen molar-refractivity contribution in [2.24, 2.45) is 11.8 Å². The smallest absolute Gasteiger partial charge is 0.228 e. The van der Waals surface area contributed by atoms with E-state index in [0.717, 1.165) is 59.0 Å². The molecule has 5 nitrogen and oxygen atoms in total. The largest absolute Gasteiger partial charge is 0.381 e. The molecule has 3 aliphatic rings. The number of halogens is 1. The highest BCUT2D eigenvalue weighted by atomic mass is 35.5. The first-order valence-corrected chi connectivity index (χ1v) is 7.12. The van der Waals surface area contributed by atoms with Crippen molar-refractivity contribution in [3.63, 3.8) is 0 Å². The van der Waals surface area contributed by atoms with Gasteiger partial charge in [0.2, 0.25) is 5.91 Å². The predicted molar refractivity (Wildman–Crippen MR) is 75.6 cm³/mol. The second-order valence-corrected chi connectivity index (χ2v) is 5.71. The molecule has 3 heterocycles. The Labute approximate surface area is 121 Å². The summed E-state index contributed by atoms with van der Waals surface area (Å²) < 4.78 is 5.41. The van der Waals surface area contributed by atoms with Crippen LogP contribution >= 0.6 is 12.4 Å². The zero-order valence-electron chi connectivity index (χ0n) is 11.3. The quantitative estimate of drug-likeness (QED) is 0.782. The number of amides is 1. The maximum absolute atomic E-state index is 12.1. The zero-order valence-corrected chi connectivity index (χ0v) is 12.2. The third-order valence-electron chi connectivity index (χ3n) is 4.36. The first-order chi connectivity index (χ1) is 8.83. The van der Waals surface area contributed by atoms with Gasteiger partial charge in [0.05, 0.1) is 12.5 Å². The van der Waals surface area contributed by atoms with Gasteiger partial charge in [0, 0.05) is 52.4 Å². The van der Waals surface area contributed by atoms with Crippen LogP contribution < -0.4 is 5.32 Å². The summed E-state index contributed by atoms with van der Waals surface area (Å²) in [6.45, 7) is 8.62. The van der Waals surface area contributed by atoms with Gasteiger partial charge in [-0.15, -0.1) is 12.4 Å². The Morgan fingerprint density at radius 1 is 1.21 bits per heavy atom. The molecule has 0 spiro atoms. The van der Waals surface area contributed by atoms with E-state index in [4.69, 9.17) is 4.74 Å². The van der Waals surface area contributed by atoms with Crippen LogP contribution in [0.4, 0.5) is 0 Å². The average molecular weight is 290 g/mol. The lowest BCUT2D eigenvalue weighted by molar-refractivity contribution is -0.138. The van der Waals surface area contributed by atoms with Gasteiger partial charge in [-0.3, -0.25) is 9.69 Å². The summed E-state index contributed by atoms with van der Waals surface area (Å²) in [6, 6.07) is 0. The first-order valence-electron chi connectivity index (χ1n) is 7.12. The molecule has 0 aromatic carbocycles. The second-order valence-electron chi connectivity index (χ2n) is 5.71. The number of ether oxygens (including phenoxy) is 1. The van der Waals surface area contributed by atoms with Crippen molar-refractivity contribution in [3.8, 4) is 0 Å². The number of carbonyl (C=O) groups excluding carboxylic acids is 1. The number of hydrogen-bond donors (Lipinski definition) is 1. The van der Waals surface area contributed by atoms with Crippen LogP contribution in [-0.2, 0) is 9.53 Å². The molecule has 0 aliphatic carbocycles. The third kappa shape index (κ3) is 3.60. The van der Waals surface area contributed by atoms with E-state index in [9.17, 15) is 4.79 Å². The van der Waals surface area contributed by atoms with Gasteiger partial charge in [-0.2, -0.15) is 0 Å². The van der Waals surface area contributed by atoms with Crippen molar-refractivity contribution < 1.29 is 9.53 Å². The molecule has 0 aromatic rings. The Balaban J connectivity index is 0.00000133. The van der Waals surface area contributed by atoms with E-state index in [2.05, 4.69) is 10.2 Å². The average Bonchev–Trinajstić information content (AvgIpc) is 2.80. The maximum atomic E-state index is 12.1. The normalized spacial score (nSPS) is 28.8. The lowest BCUT2D eigenvalue weighted by Crippen LogP contribution is -2.56. The molecular weight excluding hydrogens is 266 g/mol. The Morgan fingerprint density at radius 2 is 1.95 bits per heavy atom. The summed E-state index contributed by atoms with van der Waals surface area (Å²) in [5.41, 5.74) is 0. The van der Waals surface area contributed by atoms with Crippen LogP contribution in [0, 0.1) is 11.8 Å². The van der Waals surface area contributed by atoms with Gasteiger partial charge in [-0.05, 0) is 12.3 Å². The lowest BCUT2D eigenvalue weighted by Gasteiger charge is -2.39. The highest BCUT2D eigenvalue weighted by Crippen LogP contribution is 2.16. The second kappa shape index (κ2) is 6.88. The predicted octanol–water partition coefficient (Wildman–Crippen LogP) is -0.192. The molecule has 1 atom stereocenters. The fourth-order valence-corrected chi connectivity index (χ4v) is 2.96. The number of piperazine rings is 1. The summed E-state index contributed by atoms with van der Waals surface area (Å²) >= 11 is 0. The molecule has 0 saturated carbocycles. The van der Waals surface area contributed by atoms with Crippen molar-refractivity contribution >= 4 is 18.3 Å². The number of hydrogen-bond acceptors (Lipinski definition) is 4. The van der Waals surface area contributed by atoms with E-state index >= 15 is 0 Å². The number of carbonyl (C=O) groups is 1. The summed E-state index contributed by atoms with van der Waals surface area (Å²) in [7, 11) is 0. The van der Waals surface area contributed by atoms with Gasteiger partial charge < -0.3 is 15.0 Å². The minimum Gasteiger partial charge on any atom is -0.381 e. The molecule has 3 saturated heterocycles. The van der Waals surface area contributed by atoms with E-state index in [-0.39, 0.29) is 18.3 Å². The molecule has 1 unspecified atom stereocenters. The molecule has 0 radical (unpaired) electrons. The van der Waals surface area contributed by atoms with Crippen molar-refractivity contribution in [2.75, 3.05) is 59.0 Å². The van der Waals surface area contributed by atoms with Gasteiger partial charge >= 0.3 is 0 Å². The van der Waals surface area contributed by atoms with Gasteiger partial charge in [-0.25, -0.2) is 0 Å². The van der Waals surface area contributed by atoms with E-state index in [1.807, 2.05) is 4.90 Å². The van der Waals surface area contributed by atoms with Gasteiger partial charge in [0.15, 0.2) is 0 Å². The van der Waals surface area contributed by atoms with E-state index < -0.39 is 0 Å². The van der Waals surface area contributed by atoms with Crippen molar-refractivity contribution in [1.82, 2.24) is 15.1 Å². The lowest BCUT2D eigenvalue weighted by atomic mass is 10.0. The molecule has 0 bridgehead atoms. The third-order valence-corrected chi connectivity index (χ3v) is 4.36. The molecule has 6 heteroatoms. The molecule has 1 amide bonds. The molecule has 3 aliphatic heterocycles. The molecule has 19 heavy (non-hydrogen) atoms. The van der Waals surface area contributed by atoms with Crippen LogP contribution in [0.5, 0.6) is 0 Å².